The van der Waals surface area contributed by atoms with Crippen LogP contribution in [0.5, 0.6) is 0 Å². The van der Waals surface area contributed by atoms with Crippen molar-refractivity contribution < 1.29 is 32.3 Å². The summed E-state index contributed by atoms with van der Waals surface area (Å²) in [5.74, 6) is -1.34. The average molecular weight is 492 g/mol. The molecule has 11 heteroatoms. The third-order valence-electron chi connectivity index (χ3n) is 6.90. The van der Waals surface area contributed by atoms with E-state index in [9.17, 15) is 27.6 Å². The van der Waals surface area contributed by atoms with Gasteiger partial charge in [0.05, 0.1) is 4.90 Å². The lowest BCUT2D eigenvalue weighted by molar-refractivity contribution is -0.147. The number of rotatable bonds is 7. The lowest BCUT2D eigenvalue weighted by Gasteiger charge is -2.33. The number of amides is 3. The van der Waals surface area contributed by atoms with Gasteiger partial charge in [-0.3, -0.25) is 19.3 Å². The summed E-state index contributed by atoms with van der Waals surface area (Å²) in [5, 5.41) is 2.73. The van der Waals surface area contributed by atoms with Gasteiger partial charge in [0.2, 0.25) is 10.0 Å². The maximum Gasteiger partial charge on any atom is 0.326 e. The molecule has 0 radical (unpaired) electrons. The first-order chi connectivity index (χ1) is 16.1. The molecule has 34 heavy (non-hydrogen) atoms. The van der Waals surface area contributed by atoms with Crippen LogP contribution in [-0.4, -0.2) is 73.1 Å². The number of ether oxygens (including phenoxy) is 1. The van der Waals surface area contributed by atoms with Crippen LogP contribution in [0.3, 0.4) is 0 Å². The first kappa shape index (κ1) is 24.3. The molecule has 184 valence electrons. The Hall–Kier alpha value is -2.79. The molecule has 4 rings (SSSR count). The second-order valence-corrected chi connectivity index (χ2v) is 11.2. The summed E-state index contributed by atoms with van der Waals surface area (Å²) in [4.78, 5) is 50.7. The molecule has 1 aromatic rings. The molecule has 2 aliphatic heterocycles. The SMILES string of the molecule is CC1CCC2(CC1)NC(=O)N(CC(=O)OCC(=O)c1ccc(S(=O)(=O)N3CCCC3)cc1)C2=O. The number of hydrogen-bond acceptors (Lipinski definition) is 7. The molecule has 1 aliphatic carbocycles. The Kier molecular flexibility index (Phi) is 6.77. The number of sulfonamides is 1. The monoisotopic (exact) mass is 491 g/mol. The summed E-state index contributed by atoms with van der Waals surface area (Å²) >= 11 is 0. The summed E-state index contributed by atoms with van der Waals surface area (Å²) < 4.78 is 31.6. The highest BCUT2D eigenvalue weighted by atomic mass is 32.2. The van der Waals surface area contributed by atoms with E-state index in [0.29, 0.717) is 31.8 Å². The number of imide groups is 1. The smallest absolute Gasteiger partial charge is 0.326 e. The van der Waals surface area contributed by atoms with Crippen molar-refractivity contribution in [3.05, 3.63) is 29.8 Å². The number of ketones is 1. The van der Waals surface area contributed by atoms with Gasteiger partial charge in [0, 0.05) is 18.7 Å². The molecule has 3 amide bonds. The Morgan fingerprint density at radius 3 is 2.32 bits per heavy atom. The van der Waals surface area contributed by atoms with Gasteiger partial charge in [-0.15, -0.1) is 0 Å². The summed E-state index contributed by atoms with van der Waals surface area (Å²) in [6.07, 6.45) is 4.35. The number of hydrogen-bond donors (Lipinski definition) is 1. The average Bonchev–Trinajstić information content (AvgIpc) is 3.44. The minimum atomic E-state index is -3.58. The van der Waals surface area contributed by atoms with Crippen LogP contribution in [0.4, 0.5) is 4.79 Å². The summed E-state index contributed by atoms with van der Waals surface area (Å²) in [5.41, 5.74) is -0.755. The second kappa shape index (κ2) is 9.46. The van der Waals surface area contributed by atoms with Crippen molar-refractivity contribution in [2.45, 2.75) is 55.9 Å². The molecular weight excluding hydrogens is 462 g/mol. The molecule has 2 heterocycles. The molecule has 1 spiro atoms. The van der Waals surface area contributed by atoms with Crippen molar-refractivity contribution >= 4 is 33.7 Å². The molecule has 1 N–H and O–H groups in total. The van der Waals surface area contributed by atoms with Crippen molar-refractivity contribution in [2.75, 3.05) is 26.2 Å². The van der Waals surface area contributed by atoms with Crippen LogP contribution in [0.15, 0.2) is 29.2 Å². The Morgan fingerprint density at radius 1 is 1.09 bits per heavy atom. The van der Waals surface area contributed by atoms with Crippen LogP contribution < -0.4 is 5.32 Å². The number of Topliss-reactive ketones (excluding diaryl/α,β-unsaturated/α-hetero) is 1. The van der Waals surface area contributed by atoms with E-state index in [1.165, 1.54) is 28.6 Å². The van der Waals surface area contributed by atoms with Gasteiger partial charge in [0.1, 0.15) is 12.1 Å². The molecule has 1 saturated carbocycles. The number of carbonyl (C=O) groups is 4. The van der Waals surface area contributed by atoms with Crippen molar-refractivity contribution in [1.82, 2.24) is 14.5 Å². The predicted octanol–water partition coefficient (Wildman–Crippen LogP) is 1.70. The van der Waals surface area contributed by atoms with Gasteiger partial charge in [-0.1, -0.05) is 6.92 Å². The zero-order valence-corrected chi connectivity index (χ0v) is 19.9. The lowest BCUT2D eigenvalue weighted by atomic mass is 9.77. The summed E-state index contributed by atoms with van der Waals surface area (Å²) in [6.45, 7) is 1.92. The molecule has 3 aliphatic rings. The van der Waals surface area contributed by atoms with E-state index in [4.69, 9.17) is 4.74 Å². The van der Waals surface area contributed by atoms with Crippen molar-refractivity contribution in [3.8, 4) is 0 Å². The highest BCUT2D eigenvalue weighted by molar-refractivity contribution is 7.89. The Bertz CT molecular complexity index is 1090. The predicted molar refractivity (Wildman–Crippen MR) is 120 cm³/mol. The maximum atomic E-state index is 12.8. The van der Waals surface area contributed by atoms with Gasteiger partial charge in [-0.05, 0) is 68.7 Å². The van der Waals surface area contributed by atoms with Crippen LogP contribution in [0, 0.1) is 5.92 Å². The third-order valence-corrected chi connectivity index (χ3v) is 8.82. The van der Waals surface area contributed by atoms with E-state index in [1.807, 2.05) is 0 Å². The number of benzene rings is 1. The molecule has 0 unspecified atom stereocenters. The van der Waals surface area contributed by atoms with Crippen molar-refractivity contribution in [3.63, 3.8) is 0 Å². The number of nitrogens with one attached hydrogen (secondary N) is 1. The quantitative estimate of drug-likeness (QED) is 0.349. The van der Waals surface area contributed by atoms with E-state index in [0.717, 1.165) is 30.6 Å². The molecule has 0 aromatic heterocycles. The molecule has 0 bridgehead atoms. The van der Waals surface area contributed by atoms with Crippen LogP contribution in [0.2, 0.25) is 0 Å². The molecule has 1 aromatic carbocycles. The summed E-state index contributed by atoms with van der Waals surface area (Å²) in [6, 6.07) is 4.85. The molecule has 3 fully saturated rings. The van der Waals surface area contributed by atoms with E-state index in [2.05, 4.69) is 12.2 Å². The zero-order chi connectivity index (χ0) is 24.5. The summed E-state index contributed by atoms with van der Waals surface area (Å²) in [7, 11) is -3.58. The van der Waals surface area contributed by atoms with E-state index in [-0.39, 0.29) is 10.5 Å². The Labute approximate surface area is 198 Å². The molecule has 0 atom stereocenters. The third kappa shape index (κ3) is 4.72. The van der Waals surface area contributed by atoms with E-state index < -0.39 is 52.4 Å². The number of nitrogens with zero attached hydrogens (tertiary/aromatic N) is 2. The van der Waals surface area contributed by atoms with Crippen molar-refractivity contribution in [1.29, 1.82) is 0 Å². The van der Waals surface area contributed by atoms with Gasteiger partial charge in [0.15, 0.2) is 12.4 Å². The fourth-order valence-electron chi connectivity index (χ4n) is 4.71. The van der Waals surface area contributed by atoms with Crippen LogP contribution in [0.25, 0.3) is 0 Å². The fourth-order valence-corrected chi connectivity index (χ4v) is 6.23. The van der Waals surface area contributed by atoms with Crippen molar-refractivity contribution in [2.24, 2.45) is 5.92 Å². The minimum Gasteiger partial charge on any atom is -0.456 e. The number of urea groups is 1. The Balaban J connectivity index is 1.30. The van der Waals surface area contributed by atoms with Gasteiger partial charge in [-0.25, -0.2) is 13.2 Å². The maximum absolute atomic E-state index is 12.8. The lowest BCUT2D eigenvalue weighted by Crippen LogP contribution is -2.49. The standard InChI is InChI=1S/C23H29N3O7S/c1-16-8-10-23(11-9-16)21(29)26(22(30)24-23)14-20(28)33-15-19(27)17-4-6-18(7-5-17)34(31,32)25-12-2-3-13-25/h4-7,16H,2-3,8-15H2,1H3,(H,24,30). The second-order valence-electron chi connectivity index (χ2n) is 9.31. The topological polar surface area (TPSA) is 130 Å². The van der Waals surface area contributed by atoms with E-state index in [1.54, 1.807) is 0 Å². The minimum absolute atomic E-state index is 0.104. The molecule has 2 saturated heterocycles. The van der Waals surface area contributed by atoms with Crippen LogP contribution in [-0.2, 0) is 24.3 Å². The number of esters is 1. The van der Waals surface area contributed by atoms with Gasteiger partial charge < -0.3 is 10.1 Å². The highest BCUT2D eigenvalue weighted by Crippen LogP contribution is 2.36. The van der Waals surface area contributed by atoms with Crippen LogP contribution >= 0.6 is 0 Å². The van der Waals surface area contributed by atoms with Gasteiger partial charge >= 0.3 is 12.0 Å². The van der Waals surface area contributed by atoms with Crippen LogP contribution in [0.1, 0.15) is 55.8 Å². The zero-order valence-electron chi connectivity index (χ0n) is 19.1. The number of carbonyl (C=O) groups excluding carboxylic acids is 4. The largest absolute Gasteiger partial charge is 0.456 e. The molecular formula is C23H29N3O7S. The first-order valence-electron chi connectivity index (χ1n) is 11.6. The fraction of sp³-hybridized carbons (Fsp3) is 0.565. The van der Waals surface area contributed by atoms with E-state index >= 15 is 0 Å². The van der Waals surface area contributed by atoms with Gasteiger partial charge in [0.25, 0.3) is 5.91 Å². The Morgan fingerprint density at radius 2 is 1.71 bits per heavy atom. The molecule has 10 nitrogen and oxygen atoms in total. The normalized spacial score (nSPS) is 25.6. The highest BCUT2D eigenvalue weighted by Gasteiger charge is 2.52. The first-order valence-corrected chi connectivity index (χ1v) is 13.0. The van der Waals surface area contributed by atoms with Gasteiger partial charge in [-0.2, -0.15) is 4.31 Å².